The van der Waals surface area contributed by atoms with Crippen LogP contribution < -0.4 is 5.32 Å². The Bertz CT molecular complexity index is 507. The molecule has 3 rings (SSSR count). The van der Waals surface area contributed by atoms with Crippen LogP contribution in [-0.4, -0.2) is 11.8 Å². The van der Waals surface area contributed by atoms with Gasteiger partial charge >= 0.3 is 0 Å². The number of carbonyl (C=O) groups is 2. The summed E-state index contributed by atoms with van der Waals surface area (Å²) in [7, 11) is 0. The van der Waals surface area contributed by atoms with E-state index in [2.05, 4.69) is 23.5 Å². The van der Waals surface area contributed by atoms with Crippen LogP contribution >= 0.6 is 0 Å². The van der Waals surface area contributed by atoms with Crippen LogP contribution in [0.3, 0.4) is 0 Å². The summed E-state index contributed by atoms with van der Waals surface area (Å²) in [5, 5.41) is 2.43. The molecule has 0 unspecified atom stereocenters. The van der Waals surface area contributed by atoms with E-state index < -0.39 is 0 Å². The fourth-order valence-corrected chi connectivity index (χ4v) is 2.98. The summed E-state index contributed by atoms with van der Waals surface area (Å²) >= 11 is 0. The van der Waals surface area contributed by atoms with Gasteiger partial charge in [0.05, 0.1) is 5.92 Å². The number of piperidine rings is 1. The first-order valence-corrected chi connectivity index (χ1v) is 6.69. The average Bonchev–Trinajstić information content (AvgIpc) is 2.38. The van der Waals surface area contributed by atoms with Crippen LogP contribution in [0.1, 0.15) is 48.3 Å². The number of carbonyl (C=O) groups excluding carboxylic acids is 2. The topological polar surface area (TPSA) is 46.2 Å². The highest BCUT2D eigenvalue weighted by atomic mass is 16.2. The maximum absolute atomic E-state index is 11.8. The molecule has 1 aliphatic carbocycles. The minimum Gasteiger partial charge on any atom is -0.296 e. The van der Waals surface area contributed by atoms with Crippen molar-refractivity contribution in [3.05, 3.63) is 34.9 Å². The van der Waals surface area contributed by atoms with Gasteiger partial charge in [-0.1, -0.05) is 18.2 Å². The molecule has 0 aromatic heterocycles. The molecular formula is C15H17NO2. The number of amides is 2. The summed E-state index contributed by atoms with van der Waals surface area (Å²) in [4.78, 5) is 23.0. The molecule has 1 aromatic carbocycles. The van der Waals surface area contributed by atoms with Crippen LogP contribution in [0.5, 0.6) is 0 Å². The lowest BCUT2D eigenvalue weighted by molar-refractivity contribution is -0.134. The zero-order valence-electron chi connectivity index (χ0n) is 10.4. The van der Waals surface area contributed by atoms with Crippen LogP contribution in [0.4, 0.5) is 0 Å². The molecule has 0 bridgehead atoms. The largest absolute Gasteiger partial charge is 0.296 e. The molecule has 1 heterocycles. The Morgan fingerprint density at radius 3 is 2.56 bits per heavy atom. The molecule has 1 saturated heterocycles. The van der Waals surface area contributed by atoms with Gasteiger partial charge in [-0.05, 0) is 48.8 Å². The first-order valence-electron chi connectivity index (χ1n) is 6.69. The summed E-state index contributed by atoms with van der Waals surface area (Å²) < 4.78 is 0. The third kappa shape index (κ3) is 2.05. The van der Waals surface area contributed by atoms with Crippen molar-refractivity contribution >= 4 is 11.8 Å². The normalized spacial score (nSPS) is 23.4. The van der Waals surface area contributed by atoms with E-state index in [0.29, 0.717) is 12.8 Å². The second-order valence-electron chi connectivity index (χ2n) is 5.24. The van der Waals surface area contributed by atoms with Gasteiger partial charge in [0, 0.05) is 6.42 Å². The summed E-state index contributed by atoms with van der Waals surface area (Å²) in [5.74, 6) is -0.425. The van der Waals surface area contributed by atoms with E-state index in [9.17, 15) is 9.59 Å². The van der Waals surface area contributed by atoms with Crippen molar-refractivity contribution in [1.82, 2.24) is 5.32 Å². The summed E-state index contributed by atoms with van der Waals surface area (Å²) in [5.41, 5.74) is 3.89. The van der Waals surface area contributed by atoms with Crippen LogP contribution in [0.25, 0.3) is 0 Å². The fraction of sp³-hybridized carbons (Fsp3) is 0.467. The number of fused-ring (bicyclic) bond motifs is 1. The molecular weight excluding hydrogens is 226 g/mol. The Morgan fingerprint density at radius 2 is 1.78 bits per heavy atom. The second-order valence-corrected chi connectivity index (χ2v) is 5.24. The lowest BCUT2D eigenvalue weighted by atomic mass is 9.85. The third-order valence-electron chi connectivity index (χ3n) is 4.01. The summed E-state index contributed by atoms with van der Waals surface area (Å²) in [6, 6.07) is 6.40. The number of aryl methyl sites for hydroxylation is 2. The minimum atomic E-state index is -0.144. The van der Waals surface area contributed by atoms with Crippen molar-refractivity contribution < 1.29 is 9.59 Å². The number of imide groups is 1. The number of nitrogens with one attached hydrogen (secondary N) is 1. The molecule has 0 radical (unpaired) electrons. The number of benzene rings is 1. The van der Waals surface area contributed by atoms with Crippen molar-refractivity contribution in [3.8, 4) is 0 Å². The van der Waals surface area contributed by atoms with Crippen LogP contribution in [0.15, 0.2) is 18.2 Å². The molecule has 0 spiro atoms. The SMILES string of the molecule is O=C1CC[C@H](c2ccc3c(c2)CCCC3)C(=O)N1. The molecule has 3 heteroatoms. The first-order chi connectivity index (χ1) is 8.74. The molecule has 1 fully saturated rings. The van der Waals surface area contributed by atoms with E-state index in [4.69, 9.17) is 0 Å². The number of hydrogen-bond donors (Lipinski definition) is 1. The monoisotopic (exact) mass is 243 g/mol. The molecule has 2 amide bonds. The highest BCUT2D eigenvalue weighted by Gasteiger charge is 2.28. The van der Waals surface area contributed by atoms with E-state index in [0.717, 1.165) is 18.4 Å². The molecule has 0 saturated carbocycles. The quantitative estimate of drug-likeness (QED) is 0.768. The zero-order chi connectivity index (χ0) is 12.5. The van der Waals surface area contributed by atoms with Gasteiger partial charge in [-0.2, -0.15) is 0 Å². The van der Waals surface area contributed by atoms with Crippen molar-refractivity contribution in [1.29, 1.82) is 0 Å². The van der Waals surface area contributed by atoms with Gasteiger partial charge in [-0.25, -0.2) is 0 Å². The predicted molar refractivity (Wildman–Crippen MR) is 68.2 cm³/mol. The average molecular weight is 243 g/mol. The van der Waals surface area contributed by atoms with Gasteiger partial charge in [0.25, 0.3) is 0 Å². The van der Waals surface area contributed by atoms with Crippen LogP contribution in [0, 0.1) is 0 Å². The summed E-state index contributed by atoms with van der Waals surface area (Å²) in [6.07, 6.45) is 5.88. The minimum absolute atomic E-state index is 0.137. The highest BCUT2D eigenvalue weighted by Crippen LogP contribution is 2.29. The summed E-state index contributed by atoms with van der Waals surface area (Å²) in [6.45, 7) is 0. The van der Waals surface area contributed by atoms with Crippen LogP contribution in [-0.2, 0) is 22.4 Å². The smallest absolute Gasteiger partial charge is 0.234 e. The van der Waals surface area contributed by atoms with Crippen molar-refractivity contribution in [3.63, 3.8) is 0 Å². The van der Waals surface area contributed by atoms with Gasteiger partial charge in [0.2, 0.25) is 11.8 Å². The van der Waals surface area contributed by atoms with Gasteiger partial charge in [0.15, 0.2) is 0 Å². The molecule has 18 heavy (non-hydrogen) atoms. The Hall–Kier alpha value is -1.64. The molecule has 2 aliphatic rings. The molecule has 3 nitrogen and oxygen atoms in total. The van der Waals surface area contributed by atoms with E-state index in [1.807, 2.05) is 0 Å². The molecule has 1 atom stereocenters. The van der Waals surface area contributed by atoms with Crippen LogP contribution in [0.2, 0.25) is 0 Å². The van der Waals surface area contributed by atoms with Crippen molar-refractivity contribution in [2.45, 2.75) is 44.4 Å². The van der Waals surface area contributed by atoms with E-state index in [1.54, 1.807) is 0 Å². The number of rotatable bonds is 1. The zero-order valence-corrected chi connectivity index (χ0v) is 10.4. The Kier molecular flexibility index (Phi) is 2.90. The molecule has 1 aromatic rings. The van der Waals surface area contributed by atoms with Gasteiger partial charge in [-0.3, -0.25) is 14.9 Å². The molecule has 94 valence electrons. The lowest BCUT2D eigenvalue weighted by Crippen LogP contribution is -2.39. The van der Waals surface area contributed by atoms with Gasteiger partial charge in [0.1, 0.15) is 0 Å². The van der Waals surface area contributed by atoms with Crippen molar-refractivity contribution in [2.24, 2.45) is 0 Å². The number of hydrogen-bond acceptors (Lipinski definition) is 2. The predicted octanol–water partition coefficient (Wildman–Crippen LogP) is 2.09. The van der Waals surface area contributed by atoms with Gasteiger partial charge < -0.3 is 0 Å². The van der Waals surface area contributed by atoms with E-state index >= 15 is 0 Å². The maximum atomic E-state index is 11.8. The third-order valence-corrected chi connectivity index (χ3v) is 4.01. The molecule has 1 aliphatic heterocycles. The maximum Gasteiger partial charge on any atom is 0.234 e. The lowest BCUT2D eigenvalue weighted by Gasteiger charge is -2.23. The first kappa shape index (κ1) is 11.5. The van der Waals surface area contributed by atoms with Crippen molar-refractivity contribution in [2.75, 3.05) is 0 Å². The van der Waals surface area contributed by atoms with E-state index in [-0.39, 0.29) is 17.7 Å². The second kappa shape index (κ2) is 4.56. The standard InChI is InChI=1S/C15H17NO2/c17-14-8-7-13(15(18)16-14)12-6-5-10-3-1-2-4-11(10)9-12/h5-6,9,13H,1-4,7-8H2,(H,16,17,18)/t13-/m1/s1. The Balaban J connectivity index is 1.88. The Labute approximate surface area is 107 Å². The van der Waals surface area contributed by atoms with E-state index in [1.165, 1.54) is 24.0 Å². The fourth-order valence-electron chi connectivity index (χ4n) is 2.98. The highest BCUT2D eigenvalue weighted by molar-refractivity contribution is 6.00. The van der Waals surface area contributed by atoms with Gasteiger partial charge in [-0.15, -0.1) is 0 Å². The molecule has 1 N–H and O–H groups in total. The Morgan fingerprint density at radius 1 is 1.00 bits per heavy atom.